The van der Waals surface area contributed by atoms with Crippen molar-refractivity contribution in [1.82, 2.24) is 26.3 Å². The number of rotatable bonds is 22. The van der Waals surface area contributed by atoms with Crippen LogP contribution in [-0.4, -0.2) is 92.6 Å². The van der Waals surface area contributed by atoms with Crippen LogP contribution in [0.25, 0.3) is 10.9 Å². The number of aliphatic carboxylic acids is 2. The Labute approximate surface area is 307 Å². The molecule has 3 aromatic rings. The number of unbranched alkanes of at least 4 members (excludes halogenated alkanes) is 1. The first-order valence-corrected chi connectivity index (χ1v) is 17.6. The topological polar surface area (TPSA) is 279 Å². The Kier molecular flexibility index (Phi) is 16.2. The molecule has 12 N–H and O–H groups in total. The van der Waals surface area contributed by atoms with Crippen LogP contribution in [0.5, 0.6) is 5.75 Å². The molecule has 0 unspecified atom stereocenters. The highest BCUT2D eigenvalue weighted by molar-refractivity contribution is 5.96. The van der Waals surface area contributed by atoms with Gasteiger partial charge in [0, 0.05) is 29.9 Å². The molecule has 0 spiro atoms. The molecule has 0 bridgehead atoms. The molecule has 4 amide bonds. The molecule has 0 aliphatic carbocycles. The minimum Gasteiger partial charge on any atom is -0.508 e. The summed E-state index contributed by atoms with van der Waals surface area (Å²) < 4.78 is 0. The zero-order chi connectivity index (χ0) is 39.1. The number of aromatic amines is 1. The molecular weight excluding hydrogens is 686 g/mol. The van der Waals surface area contributed by atoms with E-state index >= 15 is 0 Å². The number of benzene rings is 2. The van der Waals surface area contributed by atoms with Gasteiger partial charge in [-0.15, -0.1) is 0 Å². The molecule has 16 nitrogen and oxygen atoms in total. The Morgan fingerprint density at radius 3 is 1.94 bits per heavy atom. The van der Waals surface area contributed by atoms with E-state index in [1.54, 1.807) is 6.20 Å². The smallest absolute Gasteiger partial charge is 0.326 e. The predicted octanol–water partition coefficient (Wildman–Crippen LogP) is 1.05. The number of hydrogen-bond donors (Lipinski definition) is 10. The molecule has 53 heavy (non-hydrogen) atoms. The molecule has 0 radical (unpaired) electrons. The minimum atomic E-state index is -1.36. The standard InChI is InChI=1S/C37H51N7O9/c1-21(2)17-30(36(51)44-31(37(52)53)18-22-10-12-24(45)13-11-22)43-34(49)28(9-5-6-16-38)42-35(50)29(14-15-32(46)47)41-33(48)26(39)19-23-20-40-27-8-4-3-7-25(23)27/h3-4,7-8,10-13,20-21,26,28-31,40,45H,5-6,9,14-19,38-39H2,1-2H3,(H,41,48)(H,42,50)(H,43,49)(H,44,51)(H,46,47)(H,52,53)/t26-,28-,29-,30-,31-/m0/s1. The van der Waals surface area contributed by atoms with Crippen molar-refractivity contribution in [3.63, 3.8) is 0 Å². The van der Waals surface area contributed by atoms with Gasteiger partial charge in [0.15, 0.2) is 0 Å². The zero-order valence-corrected chi connectivity index (χ0v) is 30.0. The van der Waals surface area contributed by atoms with Gasteiger partial charge in [0.05, 0.1) is 6.04 Å². The van der Waals surface area contributed by atoms with Crippen molar-refractivity contribution in [2.24, 2.45) is 17.4 Å². The quantitative estimate of drug-likeness (QED) is 0.0651. The highest BCUT2D eigenvalue weighted by Gasteiger charge is 2.32. The maximum absolute atomic E-state index is 13.7. The summed E-state index contributed by atoms with van der Waals surface area (Å²) in [6.45, 7) is 3.94. The number of carbonyl (C=O) groups is 6. The van der Waals surface area contributed by atoms with Gasteiger partial charge in [-0.05, 0) is 80.3 Å². The van der Waals surface area contributed by atoms with E-state index < -0.39 is 72.2 Å². The highest BCUT2D eigenvalue weighted by Crippen LogP contribution is 2.19. The summed E-state index contributed by atoms with van der Waals surface area (Å²) >= 11 is 0. The van der Waals surface area contributed by atoms with Crippen LogP contribution in [0.2, 0.25) is 0 Å². The van der Waals surface area contributed by atoms with Gasteiger partial charge in [-0.25, -0.2) is 4.79 Å². The highest BCUT2D eigenvalue weighted by atomic mass is 16.4. The van der Waals surface area contributed by atoms with E-state index in [0.29, 0.717) is 24.9 Å². The van der Waals surface area contributed by atoms with Crippen molar-refractivity contribution in [3.8, 4) is 5.75 Å². The SMILES string of the molecule is CC(C)C[C@H](NC(=O)[C@H](CCCCN)NC(=O)[C@H](CCC(=O)O)NC(=O)[C@@H](N)Cc1c[nH]c2ccccc12)C(=O)N[C@@H](Cc1ccc(O)cc1)C(=O)O. The number of carbonyl (C=O) groups excluding carboxylic acids is 4. The van der Waals surface area contributed by atoms with E-state index in [2.05, 4.69) is 26.3 Å². The first-order valence-electron chi connectivity index (χ1n) is 17.6. The number of aromatic nitrogens is 1. The molecule has 5 atom stereocenters. The van der Waals surface area contributed by atoms with Gasteiger partial charge in [0.2, 0.25) is 23.6 Å². The summed E-state index contributed by atoms with van der Waals surface area (Å²) in [7, 11) is 0. The Bertz CT molecular complexity index is 1710. The molecule has 3 rings (SSSR count). The summed E-state index contributed by atoms with van der Waals surface area (Å²) in [6.07, 6.45) is 2.18. The van der Waals surface area contributed by atoms with Gasteiger partial charge in [-0.3, -0.25) is 24.0 Å². The lowest BCUT2D eigenvalue weighted by Gasteiger charge is -2.27. The number of fused-ring (bicyclic) bond motifs is 1. The average molecular weight is 738 g/mol. The van der Waals surface area contributed by atoms with Crippen LogP contribution in [0.4, 0.5) is 0 Å². The number of para-hydroxylation sites is 1. The maximum atomic E-state index is 13.7. The number of amides is 4. The Balaban J connectivity index is 1.75. The van der Waals surface area contributed by atoms with Gasteiger partial charge in [0.25, 0.3) is 0 Å². The second-order valence-corrected chi connectivity index (χ2v) is 13.5. The van der Waals surface area contributed by atoms with E-state index in [0.717, 1.165) is 16.5 Å². The molecule has 2 aromatic carbocycles. The number of H-pyrrole nitrogens is 1. The van der Waals surface area contributed by atoms with Crippen molar-refractivity contribution in [2.75, 3.05) is 6.54 Å². The predicted molar refractivity (Wildman–Crippen MR) is 196 cm³/mol. The molecule has 1 heterocycles. The molecule has 0 aliphatic heterocycles. The third kappa shape index (κ3) is 13.5. The van der Waals surface area contributed by atoms with Crippen molar-refractivity contribution >= 4 is 46.5 Å². The van der Waals surface area contributed by atoms with Gasteiger partial charge in [0.1, 0.15) is 29.9 Å². The van der Waals surface area contributed by atoms with Crippen LogP contribution >= 0.6 is 0 Å². The lowest BCUT2D eigenvalue weighted by molar-refractivity contribution is -0.142. The van der Waals surface area contributed by atoms with Crippen molar-refractivity contribution < 1.29 is 44.1 Å². The first-order chi connectivity index (χ1) is 25.2. The monoisotopic (exact) mass is 737 g/mol. The normalized spacial score (nSPS) is 14.1. The zero-order valence-electron chi connectivity index (χ0n) is 30.0. The van der Waals surface area contributed by atoms with Crippen LogP contribution in [0.15, 0.2) is 54.7 Å². The minimum absolute atomic E-state index is 0.00176. The summed E-state index contributed by atoms with van der Waals surface area (Å²) in [5.74, 6) is -5.62. The summed E-state index contributed by atoms with van der Waals surface area (Å²) in [5, 5.41) is 39.9. The Morgan fingerprint density at radius 1 is 0.736 bits per heavy atom. The van der Waals surface area contributed by atoms with Crippen molar-refractivity contribution in [3.05, 3.63) is 65.9 Å². The Hall–Kier alpha value is -5.48. The molecule has 0 saturated heterocycles. The maximum Gasteiger partial charge on any atom is 0.326 e. The molecule has 0 aliphatic rings. The summed E-state index contributed by atoms with van der Waals surface area (Å²) in [5.41, 5.74) is 14.1. The lowest BCUT2D eigenvalue weighted by atomic mass is 10.00. The summed E-state index contributed by atoms with van der Waals surface area (Å²) in [4.78, 5) is 80.7. The van der Waals surface area contributed by atoms with Crippen LogP contribution < -0.4 is 32.7 Å². The number of aromatic hydroxyl groups is 1. The first kappa shape index (κ1) is 41.9. The number of nitrogens with two attached hydrogens (primary N) is 2. The van der Waals surface area contributed by atoms with Gasteiger partial charge < -0.3 is 53.0 Å². The lowest BCUT2D eigenvalue weighted by Crippen LogP contribution is -2.58. The molecule has 1 aromatic heterocycles. The van der Waals surface area contributed by atoms with Crippen LogP contribution in [0.1, 0.15) is 63.5 Å². The Morgan fingerprint density at radius 2 is 1.32 bits per heavy atom. The molecule has 0 saturated carbocycles. The van der Waals surface area contributed by atoms with E-state index in [1.165, 1.54) is 24.3 Å². The molecular formula is C37H51N7O9. The van der Waals surface area contributed by atoms with Crippen LogP contribution in [-0.2, 0) is 41.6 Å². The van der Waals surface area contributed by atoms with Crippen LogP contribution in [0.3, 0.4) is 0 Å². The third-order valence-electron chi connectivity index (χ3n) is 8.64. The number of carboxylic acid groups (broad SMARTS) is 2. The van der Waals surface area contributed by atoms with Gasteiger partial charge >= 0.3 is 11.9 Å². The van der Waals surface area contributed by atoms with Gasteiger partial charge in [-0.2, -0.15) is 0 Å². The fraction of sp³-hybridized carbons (Fsp3) is 0.459. The number of phenols is 1. The van der Waals surface area contributed by atoms with Crippen LogP contribution in [0, 0.1) is 5.92 Å². The number of nitrogens with one attached hydrogen (secondary N) is 5. The fourth-order valence-corrected chi connectivity index (χ4v) is 5.79. The second kappa shape index (κ2) is 20.5. The van der Waals surface area contributed by atoms with E-state index in [-0.39, 0.29) is 43.8 Å². The summed E-state index contributed by atoms with van der Waals surface area (Å²) in [6, 6.07) is 7.13. The van der Waals surface area contributed by atoms with E-state index in [9.17, 15) is 44.1 Å². The number of hydrogen-bond acceptors (Lipinski definition) is 9. The van der Waals surface area contributed by atoms with E-state index in [4.69, 9.17) is 11.5 Å². The van der Waals surface area contributed by atoms with Crippen molar-refractivity contribution in [2.45, 2.75) is 95.4 Å². The fourth-order valence-electron chi connectivity index (χ4n) is 5.79. The number of carboxylic acids is 2. The molecule has 16 heteroatoms. The second-order valence-electron chi connectivity index (χ2n) is 13.5. The number of phenolic OH excluding ortho intramolecular Hbond substituents is 1. The van der Waals surface area contributed by atoms with E-state index in [1.807, 2.05) is 38.1 Å². The van der Waals surface area contributed by atoms with Gasteiger partial charge in [-0.1, -0.05) is 44.2 Å². The molecule has 0 fully saturated rings. The third-order valence-corrected chi connectivity index (χ3v) is 8.64. The van der Waals surface area contributed by atoms with Crippen molar-refractivity contribution in [1.29, 1.82) is 0 Å². The average Bonchev–Trinajstić information content (AvgIpc) is 3.51. The largest absolute Gasteiger partial charge is 0.508 e. The molecule has 288 valence electrons.